The quantitative estimate of drug-likeness (QED) is 0.758. The van der Waals surface area contributed by atoms with Gasteiger partial charge in [-0.15, -0.1) is 11.3 Å². The van der Waals surface area contributed by atoms with Crippen LogP contribution < -0.4 is 5.32 Å². The van der Waals surface area contributed by atoms with Gasteiger partial charge in [-0.25, -0.2) is 0 Å². The Morgan fingerprint density at radius 1 is 1.26 bits per heavy atom. The molecule has 1 aromatic carbocycles. The van der Waals surface area contributed by atoms with Crippen molar-refractivity contribution < 1.29 is 0 Å². The Kier molecular flexibility index (Phi) is 3.30. The van der Waals surface area contributed by atoms with Gasteiger partial charge in [0.1, 0.15) is 0 Å². The summed E-state index contributed by atoms with van der Waals surface area (Å²) in [7, 11) is 0. The van der Waals surface area contributed by atoms with Crippen LogP contribution >= 0.6 is 11.3 Å². The molecule has 2 aromatic rings. The Balaban J connectivity index is 1.74. The molecule has 1 aliphatic rings. The summed E-state index contributed by atoms with van der Waals surface area (Å²) >= 11 is 1.81. The van der Waals surface area contributed by atoms with E-state index in [1.54, 1.807) is 0 Å². The molecule has 0 amide bonds. The van der Waals surface area contributed by atoms with Crippen LogP contribution in [0.15, 0.2) is 29.6 Å². The van der Waals surface area contributed by atoms with Crippen LogP contribution in [-0.2, 0) is 0 Å². The van der Waals surface area contributed by atoms with Crippen LogP contribution in [0.5, 0.6) is 0 Å². The second kappa shape index (κ2) is 4.82. The third-order valence-electron chi connectivity index (χ3n) is 4.50. The normalized spacial score (nSPS) is 26.5. The molecule has 2 unspecified atom stereocenters. The monoisotopic (exact) mass is 273 g/mol. The van der Waals surface area contributed by atoms with Gasteiger partial charge in [-0.1, -0.05) is 20.8 Å². The average Bonchev–Trinajstić information content (AvgIpc) is 2.79. The van der Waals surface area contributed by atoms with E-state index in [0.29, 0.717) is 11.5 Å². The number of anilines is 1. The average molecular weight is 273 g/mol. The van der Waals surface area contributed by atoms with Crippen molar-refractivity contribution in [1.82, 2.24) is 0 Å². The summed E-state index contributed by atoms with van der Waals surface area (Å²) in [5.41, 5.74) is 1.80. The summed E-state index contributed by atoms with van der Waals surface area (Å²) in [4.78, 5) is 0. The van der Waals surface area contributed by atoms with Crippen molar-refractivity contribution in [2.24, 2.45) is 11.3 Å². The lowest BCUT2D eigenvalue weighted by Crippen LogP contribution is -2.36. The van der Waals surface area contributed by atoms with Crippen LogP contribution in [0.4, 0.5) is 5.69 Å². The smallest absolute Gasteiger partial charge is 0.0349 e. The van der Waals surface area contributed by atoms with Crippen LogP contribution in [0.2, 0.25) is 0 Å². The molecule has 0 aliphatic heterocycles. The molecule has 2 atom stereocenters. The minimum atomic E-state index is 0.523. The molecule has 1 saturated carbocycles. The van der Waals surface area contributed by atoms with E-state index in [1.807, 2.05) is 11.3 Å². The van der Waals surface area contributed by atoms with Gasteiger partial charge in [0.05, 0.1) is 0 Å². The fourth-order valence-electron chi connectivity index (χ4n) is 3.43. The molecule has 1 nitrogen and oxygen atoms in total. The number of nitrogens with one attached hydrogen (secondary N) is 1. The van der Waals surface area contributed by atoms with E-state index in [4.69, 9.17) is 0 Å². The van der Waals surface area contributed by atoms with Gasteiger partial charge < -0.3 is 5.32 Å². The summed E-state index contributed by atoms with van der Waals surface area (Å²) < 4.78 is 1.38. The lowest BCUT2D eigenvalue weighted by atomic mass is 9.70. The first-order chi connectivity index (χ1) is 9.03. The zero-order valence-corrected chi connectivity index (χ0v) is 12.9. The standard InChI is InChI=1S/C17H23NS/c1-12-11-17(2,3)8-6-15(12)18-14-4-5-16-13(10-14)7-9-19-16/h4-5,7,9-10,12,15,18H,6,8,11H2,1-3H3. The van der Waals surface area contributed by atoms with Gasteiger partial charge in [-0.2, -0.15) is 0 Å². The molecule has 102 valence electrons. The Morgan fingerprint density at radius 3 is 2.89 bits per heavy atom. The molecular weight excluding hydrogens is 250 g/mol. The Hall–Kier alpha value is -1.02. The minimum Gasteiger partial charge on any atom is -0.382 e. The van der Waals surface area contributed by atoms with E-state index in [1.165, 1.54) is 35.0 Å². The third kappa shape index (κ3) is 2.79. The van der Waals surface area contributed by atoms with Gasteiger partial charge >= 0.3 is 0 Å². The zero-order valence-electron chi connectivity index (χ0n) is 12.1. The van der Waals surface area contributed by atoms with Gasteiger partial charge in [0.15, 0.2) is 0 Å². The Bertz CT molecular complexity index is 569. The van der Waals surface area contributed by atoms with Crippen LogP contribution in [0.3, 0.4) is 0 Å². The van der Waals surface area contributed by atoms with Gasteiger partial charge in [0, 0.05) is 16.4 Å². The van der Waals surface area contributed by atoms with Crippen molar-refractivity contribution in [3.8, 4) is 0 Å². The highest BCUT2D eigenvalue weighted by Crippen LogP contribution is 2.39. The fraction of sp³-hybridized carbons (Fsp3) is 0.529. The molecule has 1 fully saturated rings. The lowest BCUT2D eigenvalue weighted by molar-refractivity contribution is 0.177. The molecule has 19 heavy (non-hydrogen) atoms. The van der Waals surface area contributed by atoms with Crippen LogP contribution in [0.1, 0.15) is 40.0 Å². The van der Waals surface area contributed by atoms with Crippen LogP contribution in [0.25, 0.3) is 10.1 Å². The first kappa shape index (κ1) is 13.0. The number of hydrogen-bond acceptors (Lipinski definition) is 2. The summed E-state index contributed by atoms with van der Waals surface area (Å²) in [6.07, 6.45) is 3.94. The molecule has 2 heteroatoms. The third-order valence-corrected chi connectivity index (χ3v) is 5.40. The largest absolute Gasteiger partial charge is 0.382 e. The summed E-state index contributed by atoms with van der Waals surface area (Å²) in [6.45, 7) is 7.19. The van der Waals surface area contributed by atoms with E-state index in [-0.39, 0.29) is 0 Å². The van der Waals surface area contributed by atoms with Gasteiger partial charge in [-0.3, -0.25) is 0 Å². The van der Waals surface area contributed by atoms with E-state index in [0.717, 1.165) is 5.92 Å². The molecule has 1 aliphatic carbocycles. The van der Waals surface area contributed by atoms with Crippen LogP contribution in [-0.4, -0.2) is 6.04 Å². The Morgan fingerprint density at radius 2 is 2.11 bits per heavy atom. The van der Waals surface area contributed by atoms with Gasteiger partial charge in [0.2, 0.25) is 0 Å². The van der Waals surface area contributed by atoms with Crippen molar-refractivity contribution in [3.63, 3.8) is 0 Å². The molecule has 1 heterocycles. The molecule has 3 rings (SSSR count). The van der Waals surface area contributed by atoms with Crippen LogP contribution in [0, 0.1) is 11.3 Å². The summed E-state index contributed by atoms with van der Waals surface area (Å²) in [5, 5.41) is 7.28. The SMILES string of the molecule is CC1CC(C)(C)CCC1Nc1ccc2sccc2c1. The van der Waals surface area contributed by atoms with E-state index in [2.05, 4.69) is 55.7 Å². The van der Waals surface area contributed by atoms with Crippen molar-refractivity contribution in [3.05, 3.63) is 29.6 Å². The predicted molar refractivity (Wildman–Crippen MR) is 86.0 cm³/mol. The maximum Gasteiger partial charge on any atom is 0.0349 e. The number of fused-ring (bicyclic) bond motifs is 1. The second-order valence-corrected chi connectivity index (χ2v) is 7.76. The predicted octanol–water partition coefficient (Wildman–Crippen LogP) is 5.53. The minimum absolute atomic E-state index is 0.523. The van der Waals surface area contributed by atoms with Crippen molar-refractivity contribution in [2.75, 3.05) is 5.32 Å². The lowest BCUT2D eigenvalue weighted by Gasteiger charge is -2.40. The second-order valence-electron chi connectivity index (χ2n) is 6.81. The molecule has 0 spiro atoms. The zero-order chi connectivity index (χ0) is 13.5. The summed E-state index contributed by atoms with van der Waals surface area (Å²) in [5.74, 6) is 0.752. The van der Waals surface area contributed by atoms with E-state index < -0.39 is 0 Å². The van der Waals surface area contributed by atoms with Gasteiger partial charge in [0.25, 0.3) is 0 Å². The first-order valence-corrected chi connectivity index (χ1v) is 8.15. The molecule has 0 saturated heterocycles. The van der Waals surface area contributed by atoms with Crippen molar-refractivity contribution >= 4 is 27.1 Å². The van der Waals surface area contributed by atoms with Crippen molar-refractivity contribution in [1.29, 1.82) is 0 Å². The first-order valence-electron chi connectivity index (χ1n) is 7.27. The highest BCUT2D eigenvalue weighted by molar-refractivity contribution is 7.17. The van der Waals surface area contributed by atoms with E-state index in [9.17, 15) is 0 Å². The van der Waals surface area contributed by atoms with E-state index >= 15 is 0 Å². The highest BCUT2D eigenvalue weighted by atomic mass is 32.1. The number of rotatable bonds is 2. The molecule has 0 radical (unpaired) electrons. The molecular formula is C17H23NS. The number of thiophene rings is 1. The van der Waals surface area contributed by atoms with Crippen molar-refractivity contribution in [2.45, 2.75) is 46.1 Å². The fourth-order valence-corrected chi connectivity index (χ4v) is 4.20. The molecule has 1 aromatic heterocycles. The summed E-state index contributed by atoms with van der Waals surface area (Å²) in [6, 6.07) is 9.59. The molecule has 1 N–H and O–H groups in total. The highest BCUT2D eigenvalue weighted by Gasteiger charge is 2.32. The number of hydrogen-bond donors (Lipinski definition) is 1. The Labute approximate surface area is 120 Å². The maximum absolute atomic E-state index is 3.75. The number of benzene rings is 1. The maximum atomic E-state index is 3.75. The van der Waals surface area contributed by atoms with Gasteiger partial charge in [-0.05, 0) is 65.6 Å². The molecule has 0 bridgehead atoms. The topological polar surface area (TPSA) is 12.0 Å².